The highest BCUT2D eigenvalue weighted by atomic mass is 16.3. The summed E-state index contributed by atoms with van der Waals surface area (Å²) < 4.78 is 13.0. The van der Waals surface area contributed by atoms with Gasteiger partial charge in [-0.2, -0.15) is 0 Å². The van der Waals surface area contributed by atoms with Crippen LogP contribution in [0.5, 0.6) is 0 Å². The van der Waals surface area contributed by atoms with E-state index in [1.54, 1.807) is 0 Å². The van der Waals surface area contributed by atoms with Crippen LogP contribution in [0.15, 0.2) is 209 Å². The second kappa shape index (κ2) is 12.6. The first-order valence-corrected chi connectivity index (χ1v) is 18.7. The van der Waals surface area contributed by atoms with Crippen LogP contribution >= 0.6 is 0 Å². The molecular weight excluding hydrogens is 671 g/mol. The lowest BCUT2D eigenvalue weighted by Gasteiger charge is -2.28. The average molecular weight is 704 g/mol. The Hall–Kier alpha value is -7.36. The lowest BCUT2D eigenvalue weighted by atomic mass is 9.94. The van der Waals surface area contributed by atoms with Crippen LogP contribution in [-0.4, -0.2) is 0 Å². The number of hydrogen-bond donors (Lipinski definition) is 0. The van der Waals surface area contributed by atoms with Gasteiger partial charge in [-0.3, -0.25) is 0 Å². The molecule has 0 unspecified atom stereocenters. The summed E-state index contributed by atoms with van der Waals surface area (Å²) in [4.78, 5) is 2.39. The molecule has 9 aromatic carbocycles. The molecule has 258 valence electrons. The van der Waals surface area contributed by atoms with E-state index in [1.165, 1.54) is 21.9 Å². The SMILES string of the molecule is c1ccc(-c2ccc(N(c3ccc4oc5ccccc5c4c3)c3ccc4oc5cc(-c6ccccc6)c6ccccc6c5c4c3)c(-c3ccccc3)c2)cc1. The molecule has 2 heterocycles. The predicted molar refractivity (Wildman–Crippen MR) is 229 cm³/mol. The van der Waals surface area contributed by atoms with E-state index in [9.17, 15) is 0 Å². The molecule has 0 aliphatic heterocycles. The minimum atomic E-state index is 0.855. The summed E-state index contributed by atoms with van der Waals surface area (Å²) in [6.45, 7) is 0. The first-order valence-electron chi connectivity index (χ1n) is 18.7. The van der Waals surface area contributed by atoms with Crippen molar-refractivity contribution in [1.29, 1.82) is 0 Å². The quantitative estimate of drug-likeness (QED) is 0.173. The Labute approximate surface area is 317 Å². The van der Waals surface area contributed by atoms with Gasteiger partial charge in [0.2, 0.25) is 0 Å². The number of para-hydroxylation sites is 1. The summed E-state index contributed by atoms with van der Waals surface area (Å²) in [5.74, 6) is 0. The normalized spacial score (nSPS) is 11.6. The number of benzene rings is 9. The summed E-state index contributed by atoms with van der Waals surface area (Å²) in [6, 6.07) is 71.0. The Balaban J connectivity index is 1.19. The molecule has 0 N–H and O–H groups in total. The summed E-state index contributed by atoms with van der Waals surface area (Å²) in [7, 11) is 0. The fourth-order valence-corrected chi connectivity index (χ4v) is 8.29. The zero-order valence-corrected chi connectivity index (χ0v) is 29.8. The van der Waals surface area contributed by atoms with Gasteiger partial charge in [0.1, 0.15) is 22.3 Å². The van der Waals surface area contributed by atoms with E-state index in [2.05, 4.69) is 193 Å². The molecule has 0 aliphatic carbocycles. The molecule has 55 heavy (non-hydrogen) atoms. The molecule has 3 heteroatoms. The fourth-order valence-electron chi connectivity index (χ4n) is 8.29. The highest BCUT2D eigenvalue weighted by Crippen LogP contribution is 2.47. The Morgan fingerprint density at radius 1 is 0.291 bits per heavy atom. The fraction of sp³-hybridized carbons (Fsp3) is 0. The van der Waals surface area contributed by atoms with E-state index >= 15 is 0 Å². The summed E-state index contributed by atoms with van der Waals surface area (Å²) in [5.41, 5.74) is 13.6. The third kappa shape index (κ3) is 5.20. The van der Waals surface area contributed by atoms with Gasteiger partial charge >= 0.3 is 0 Å². The molecule has 0 radical (unpaired) electrons. The Morgan fingerprint density at radius 3 is 1.53 bits per heavy atom. The molecule has 2 aromatic heterocycles. The minimum absolute atomic E-state index is 0.855. The molecule has 0 bridgehead atoms. The van der Waals surface area contributed by atoms with Crippen LogP contribution in [0.3, 0.4) is 0 Å². The Kier molecular flexibility index (Phi) is 7.17. The molecule has 11 rings (SSSR count). The average Bonchev–Trinajstić information content (AvgIpc) is 3.82. The van der Waals surface area contributed by atoms with Crippen LogP contribution in [0.1, 0.15) is 0 Å². The van der Waals surface area contributed by atoms with Gasteiger partial charge in [-0.05, 0) is 99.3 Å². The number of rotatable bonds is 6. The van der Waals surface area contributed by atoms with Crippen molar-refractivity contribution in [2.75, 3.05) is 4.90 Å². The zero-order valence-electron chi connectivity index (χ0n) is 29.8. The monoisotopic (exact) mass is 703 g/mol. The van der Waals surface area contributed by atoms with Gasteiger partial charge in [0.15, 0.2) is 0 Å². The molecule has 11 aromatic rings. The highest BCUT2D eigenvalue weighted by molar-refractivity contribution is 6.22. The van der Waals surface area contributed by atoms with Gasteiger partial charge in [0.25, 0.3) is 0 Å². The summed E-state index contributed by atoms with van der Waals surface area (Å²) >= 11 is 0. The van der Waals surface area contributed by atoms with E-state index in [4.69, 9.17) is 8.83 Å². The topological polar surface area (TPSA) is 29.5 Å². The van der Waals surface area contributed by atoms with Crippen LogP contribution in [-0.2, 0) is 0 Å². The lowest BCUT2D eigenvalue weighted by molar-refractivity contribution is 0.669. The van der Waals surface area contributed by atoms with Crippen LogP contribution in [0, 0.1) is 0 Å². The summed E-state index contributed by atoms with van der Waals surface area (Å²) in [5, 5.41) is 6.74. The number of furan rings is 2. The lowest BCUT2D eigenvalue weighted by Crippen LogP contribution is -2.11. The molecular formula is C52H33NO2. The van der Waals surface area contributed by atoms with Gasteiger partial charge in [-0.15, -0.1) is 0 Å². The van der Waals surface area contributed by atoms with Crippen molar-refractivity contribution in [3.63, 3.8) is 0 Å². The van der Waals surface area contributed by atoms with Gasteiger partial charge in [0.05, 0.1) is 5.69 Å². The van der Waals surface area contributed by atoms with Crippen LogP contribution in [0.2, 0.25) is 0 Å². The van der Waals surface area contributed by atoms with Crippen molar-refractivity contribution in [1.82, 2.24) is 0 Å². The largest absolute Gasteiger partial charge is 0.456 e. The van der Waals surface area contributed by atoms with Crippen LogP contribution in [0.25, 0.3) is 88.0 Å². The first-order chi connectivity index (χ1) is 27.3. The van der Waals surface area contributed by atoms with Crippen molar-refractivity contribution in [2.24, 2.45) is 0 Å². The van der Waals surface area contributed by atoms with Crippen LogP contribution in [0.4, 0.5) is 17.1 Å². The van der Waals surface area contributed by atoms with E-state index in [0.717, 1.165) is 83.2 Å². The number of nitrogens with zero attached hydrogens (tertiary/aromatic N) is 1. The van der Waals surface area contributed by atoms with Crippen molar-refractivity contribution in [2.45, 2.75) is 0 Å². The van der Waals surface area contributed by atoms with Crippen molar-refractivity contribution in [3.8, 4) is 33.4 Å². The third-order valence-electron chi connectivity index (χ3n) is 10.9. The Morgan fingerprint density at radius 2 is 0.818 bits per heavy atom. The van der Waals surface area contributed by atoms with Gasteiger partial charge in [-0.1, -0.05) is 140 Å². The molecule has 0 saturated carbocycles. The number of fused-ring (bicyclic) bond motifs is 8. The van der Waals surface area contributed by atoms with Crippen molar-refractivity contribution < 1.29 is 8.83 Å². The molecule has 0 fully saturated rings. The first kappa shape index (κ1) is 31.2. The maximum absolute atomic E-state index is 6.69. The third-order valence-corrected chi connectivity index (χ3v) is 10.9. The molecule has 0 saturated heterocycles. The van der Waals surface area contributed by atoms with E-state index in [0.29, 0.717) is 0 Å². The van der Waals surface area contributed by atoms with Gasteiger partial charge < -0.3 is 13.7 Å². The van der Waals surface area contributed by atoms with Crippen molar-refractivity contribution >= 4 is 71.7 Å². The summed E-state index contributed by atoms with van der Waals surface area (Å²) in [6.07, 6.45) is 0. The van der Waals surface area contributed by atoms with Gasteiger partial charge in [-0.25, -0.2) is 0 Å². The molecule has 3 nitrogen and oxygen atoms in total. The van der Waals surface area contributed by atoms with E-state index < -0.39 is 0 Å². The standard InChI is InChI=1S/C52H33NO2/c1-4-14-34(15-5-1)37-24-27-47(44(30-37)36-18-8-3-9-19-36)53(38-25-28-49-45(31-38)41-21-12-13-23-48(41)54-49)39-26-29-50-46(32-39)52-42-22-11-10-20-40(42)43(33-51(52)55-50)35-16-6-2-7-17-35/h1-33H. The van der Waals surface area contributed by atoms with Crippen LogP contribution < -0.4 is 4.90 Å². The molecule has 0 aliphatic rings. The van der Waals surface area contributed by atoms with Crippen molar-refractivity contribution in [3.05, 3.63) is 200 Å². The maximum Gasteiger partial charge on any atom is 0.136 e. The second-order valence-electron chi connectivity index (χ2n) is 14.1. The predicted octanol–water partition coefficient (Wildman–Crippen LogP) is 15.1. The highest BCUT2D eigenvalue weighted by Gasteiger charge is 2.22. The van der Waals surface area contributed by atoms with E-state index in [-0.39, 0.29) is 0 Å². The number of hydrogen-bond acceptors (Lipinski definition) is 3. The Bertz CT molecular complexity index is 3200. The molecule has 0 atom stereocenters. The number of anilines is 3. The molecule has 0 spiro atoms. The second-order valence-corrected chi connectivity index (χ2v) is 14.1. The smallest absolute Gasteiger partial charge is 0.136 e. The van der Waals surface area contributed by atoms with Gasteiger partial charge in [0, 0.05) is 38.5 Å². The minimum Gasteiger partial charge on any atom is -0.456 e. The zero-order chi connectivity index (χ0) is 36.3. The maximum atomic E-state index is 6.69. The van der Waals surface area contributed by atoms with E-state index in [1.807, 2.05) is 12.1 Å². The molecule has 0 amide bonds.